The third-order valence-corrected chi connectivity index (χ3v) is 4.97. The SMILES string of the molecule is CCOc1ccc(-c2nc(-c3ccc4oc(C(N)(CO)CO)cc4c3)no2)cc1OC.Cl. The van der Waals surface area contributed by atoms with E-state index in [2.05, 4.69) is 10.1 Å². The van der Waals surface area contributed by atoms with E-state index in [-0.39, 0.29) is 12.4 Å². The summed E-state index contributed by atoms with van der Waals surface area (Å²) in [6.07, 6.45) is 0. The highest BCUT2D eigenvalue weighted by Crippen LogP contribution is 2.33. The lowest BCUT2D eigenvalue weighted by molar-refractivity contribution is 0.105. The van der Waals surface area contributed by atoms with Crippen molar-refractivity contribution in [2.24, 2.45) is 5.73 Å². The fourth-order valence-corrected chi connectivity index (χ4v) is 3.17. The van der Waals surface area contributed by atoms with Crippen molar-refractivity contribution in [2.45, 2.75) is 12.5 Å². The van der Waals surface area contributed by atoms with E-state index in [4.69, 9.17) is 24.1 Å². The highest BCUT2D eigenvalue weighted by atomic mass is 35.5. The molecule has 0 aliphatic carbocycles. The van der Waals surface area contributed by atoms with E-state index in [1.807, 2.05) is 19.1 Å². The van der Waals surface area contributed by atoms with Crippen LogP contribution in [0.2, 0.25) is 0 Å². The standard InChI is InChI=1S/C22H23N3O6.ClH/c1-3-29-17-7-5-14(9-18(17)28-2)21-24-20(25-31-21)13-4-6-16-15(8-13)10-19(30-16)22(23,11-26)12-27;/h4-10,26-27H,3,11-12,23H2,1-2H3;1H. The quantitative estimate of drug-likeness (QED) is 0.361. The molecule has 0 fully saturated rings. The molecule has 2 aromatic carbocycles. The van der Waals surface area contributed by atoms with Gasteiger partial charge in [-0.15, -0.1) is 12.4 Å². The van der Waals surface area contributed by atoms with Gasteiger partial charge in [0.15, 0.2) is 11.5 Å². The van der Waals surface area contributed by atoms with Crippen LogP contribution in [0, 0.1) is 0 Å². The van der Waals surface area contributed by atoms with Gasteiger partial charge in [0.2, 0.25) is 5.82 Å². The minimum Gasteiger partial charge on any atom is -0.493 e. The van der Waals surface area contributed by atoms with E-state index in [1.54, 1.807) is 37.4 Å². The number of furan rings is 1. The second-order valence-electron chi connectivity index (χ2n) is 7.06. The molecule has 4 aromatic rings. The van der Waals surface area contributed by atoms with Crippen molar-refractivity contribution in [3.05, 3.63) is 48.2 Å². The molecule has 170 valence electrons. The third kappa shape index (κ3) is 4.28. The molecule has 0 amide bonds. The summed E-state index contributed by atoms with van der Waals surface area (Å²) in [6, 6.07) is 12.4. The van der Waals surface area contributed by atoms with E-state index in [0.29, 0.717) is 52.3 Å². The molecule has 4 rings (SSSR count). The Labute approximate surface area is 190 Å². The van der Waals surface area contributed by atoms with Crippen molar-refractivity contribution in [2.75, 3.05) is 26.9 Å². The average molecular weight is 462 g/mol. The number of nitrogens with two attached hydrogens (primary N) is 1. The Morgan fingerprint density at radius 3 is 2.47 bits per heavy atom. The average Bonchev–Trinajstić information content (AvgIpc) is 3.46. The molecule has 32 heavy (non-hydrogen) atoms. The van der Waals surface area contributed by atoms with Gasteiger partial charge in [-0.2, -0.15) is 4.98 Å². The van der Waals surface area contributed by atoms with Crippen molar-refractivity contribution in [1.82, 2.24) is 10.1 Å². The predicted molar refractivity (Wildman–Crippen MR) is 120 cm³/mol. The smallest absolute Gasteiger partial charge is 0.258 e. The van der Waals surface area contributed by atoms with Crippen LogP contribution in [0.5, 0.6) is 11.5 Å². The molecule has 0 radical (unpaired) electrons. The molecule has 0 bridgehead atoms. The lowest BCUT2D eigenvalue weighted by atomic mass is 10.00. The highest BCUT2D eigenvalue weighted by molar-refractivity contribution is 5.85. The van der Waals surface area contributed by atoms with Gasteiger partial charge in [-0.05, 0) is 49.4 Å². The minimum atomic E-state index is -1.36. The number of hydrogen-bond acceptors (Lipinski definition) is 9. The van der Waals surface area contributed by atoms with E-state index < -0.39 is 18.8 Å². The van der Waals surface area contributed by atoms with Gasteiger partial charge in [0.05, 0.1) is 26.9 Å². The summed E-state index contributed by atoms with van der Waals surface area (Å²) in [5, 5.41) is 23.8. The first-order valence-electron chi connectivity index (χ1n) is 9.71. The van der Waals surface area contributed by atoms with Gasteiger partial charge in [0, 0.05) is 16.5 Å². The number of aromatic nitrogens is 2. The first-order chi connectivity index (χ1) is 15.0. The van der Waals surface area contributed by atoms with Gasteiger partial charge in [0.25, 0.3) is 5.89 Å². The fraction of sp³-hybridized carbons (Fsp3) is 0.273. The number of hydrogen-bond donors (Lipinski definition) is 3. The summed E-state index contributed by atoms with van der Waals surface area (Å²) in [6.45, 7) is 1.53. The lowest BCUT2D eigenvalue weighted by Gasteiger charge is -2.21. The van der Waals surface area contributed by atoms with Crippen molar-refractivity contribution in [3.63, 3.8) is 0 Å². The number of halogens is 1. The summed E-state index contributed by atoms with van der Waals surface area (Å²) >= 11 is 0. The molecule has 10 heteroatoms. The molecular formula is C22H24ClN3O6. The number of aliphatic hydroxyl groups excluding tert-OH is 2. The maximum Gasteiger partial charge on any atom is 0.258 e. The third-order valence-electron chi connectivity index (χ3n) is 4.97. The van der Waals surface area contributed by atoms with Gasteiger partial charge in [-0.3, -0.25) is 0 Å². The van der Waals surface area contributed by atoms with Crippen LogP contribution in [-0.2, 0) is 5.54 Å². The second kappa shape index (κ2) is 9.58. The number of ether oxygens (including phenoxy) is 2. The van der Waals surface area contributed by atoms with Crippen LogP contribution < -0.4 is 15.2 Å². The van der Waals surface area contributed by atoms with Gasteiger partial charge < -0.3 is 34.4 Å². The van der Waals surface area contributed by atoms with Crippen LogP contribution in [0.3, 0.4) is 0 Å². The van der Waals surface area contributed by atoms with Crippen LogP contribution in [0.1, 0.15) is 12.7 Å². The predicted octanol–water partition coefficient (Wildman–Crippen LogP) is 3.12. The van der Waals surface area contributed by atoms with Crippen LogP contribution in [0.25, 0.3) is 33.8 Å². The summed E-state index contributed by atoms with van der Waals surface area (Å²) in [4.78, 5) is 4.49. The van der Waals surface area contributed by atoms with Crippen molar-refractivity contribution >= 4 is 23.4 Å². The van der Waals surface area contributed by atoms with Gasteiger partial charge in [0.1, 0.15) is 16.9 Å². The van der Waals surface area contributed by atoms with Crippen LogP contribution in [0.4, 0.5) is 0 Å². The van der Waals surface area contributed by atoms with E-state index in [9.17, 15) is 10.2 Å². The summed E-state index contributed by atoms with van der Waals surface area (Å²) in [7, 11) is 1.57. The lowest BCUT2D eigenvalue weighted by Crippen LogP contribution is -2.43. The van der Waals surface area contributed by atoms with Crippen molar-refractivity contribution in [3.8, 4) is 34.3 Å². The van der Waals surface area contributed by atoms with Crippen molar-refractivity contribution < 1.29 is 28.6 Å². The van der Waals surface area contributed by atoms with Gasteiger partial charge in [-0.25, -0.2) is 0 Å². The Hall–Kier alpha value is -3.11. The van der Waals surface area contributed by atoms with Gasteiger partial charge >= 0.3 is 0 Å². The Bertz CT molecular complexity index is 1200. The molecule has 4 N–H and O–H groups in total. The maximum absolute atomic E-state index is 9.50. The zero-order chi connectivity index (χ0) is 22.0. The molecule has 2 aromatic heterocycles. The summed E-state index contributed by atoms with van der Waals surface area (Å²) in [5.41, 5.74) is 6.62. The molecule has 9 nitrogen and oxygen atoms in total. The number of nitrogens with zero attached hydrogens (tertiary/aromatic N) is 2. The van der Waals surface area contributed by atoms with E-state index >= 15 is 0 Å². The topological polar surface area (TPSA) is 137 Å². The molecule has 0 aliphatic heterocycles. The zero-order valence-corrected chi connectivity index (χ0v) is 18.4. The minimum absolute atomic E-state index is 0. The molecule has 0 aliphatic rings. The molecular weight excluding hydrogens is 438 g/mol. The monoisotopic (exact) mass is 461 g/mol. The maximum atomic E-state index is 9.50. The number of rotatable bonds is 8. The van der Waals surface area contributed by atoms with E-state index in [0.717, 1.165) is 5.39 Å². The Balaban J connectivity index is 0.00000289. The van der Waals surface area contributed by atoms with Crippen molar-refractivity contribution in [1.29, 1.82) is 0 Å². The first kappa shape index (κ1) is 23.6. The molecule has 0 saturated heterocycles. The number of aliphatic hydroxyl groups is 2. The Kier molecular flexibility index (Phi) is 7.05. The number of benzene rings is 2. The highest BCUT2D eigenvalue weighted by Gasteiger charge is 2.30. The Morgan fingerprint density at radius 2 is 1.78 bits per heavy atom. The largest absolute Gasteiger partial charge is 0.493 e. The fourth-order valence-electron chi connectivity index (χ4n) is 3.17. The zero-order valence-electron chi connectivity index (χ0n) is 17.6. The van der Waals surface area contributed by atoms with Crippen LogP contribution >= 0.6 is 12.4 Å². The van der Waals surface area contributed by atoms with Crippen LogP contribution in [0.15, 0.2) is 51.4 Å². The number of fused-ring (bicyclic) bond motifs is 1. The van der Waals surface area contributed by atoms with Gasteiger partial charge in [-0.1, -0.05) is 5.16 Å². The first-order valence-corrected chi connectivity index (χ1v) is 9.71. The Morgan fingerprint density at radius 1 is 1.03 bits per heavy atom. The summed E-state index contributed by atoms with van der Waals surface area (Å²) < 4.78 is 22.1. The molecule has 0 spiro atoms. The second-order valence-corrected chi connectivity index (χ2v) is 7.06. The molecule has 0 saturated carbocycles. The molecule has 2 heterocycles. The number of methoxy groups -OCH3 is 1. The normalized spacial score (nSPS) is 11.4. The summed E-state index contributed by atoms with van der Waals surface area (Å²) in [5.74, 6) is 2.24. The van der Waals surface area contributed by atoms with Crippen LogP contribution in [-0.4, -0.2) is 47.3 Å². The molecule has 0 atom stereocenters. The van der Waals surface area contributed by atoms with E-state index in [1.165, 1.54) is 0 Å². The molecule has 0 unspecified atom stereocenters.